The topological polar surface area (TPSA) is 29.1 Å². The number of rotatable bonds is 5. The normalized spacial score (nSPS) is 9.88. The highest BCUT2D eigenvalue weighted by atomic mass is 35.5. The van der Waals surface area contributed by atoms with Gasteiger partial charge in [-0.1, -0.05) is 30.3 Å². The van der Waals surface area contributed by atoms with Gasteiger partial charge in [0.2, 0.25) is 5.91 Å². The van der Waals surface area contributed by atoms with Crippen molar-refractivity contribution < 1.29 is 4.79 Å². The number of halogens is 1. The minimum Gasteiger partial charge on any atom is -0.353 e. The van der Waals surface area contributed by atoms with Crippen LogP contribution >= 0.6 is 11.6 Å². The van der Waals surface area contributed by atoms with E-state index in [-0.39, 0.29) is 5.91 Å². The molecule has 0 aliphatic rings. The molecule has 0 saturated heterocycles. The Bertz CT molecular complexity index is 367. The summed E-state index contributed by atoms with van der Waals surface area (Å²) in [5.41, 5.74) is 2.36. The quantitative estimate of drug-likeness (QED) is 0.619. The summed E-state index contributed by atoms with van der Waals surface area (Å²) in [5.74, 6) is -0.129. The number of benzene rings is 1. The van der Waals surface area contributed by atoms with Crippen LogP contribution in [0.25, 0.3) is 0 Å². The molecule has 86 valence electrons. The van der Waals surface area contributed by atoms with Crippen LogP contribution in [-0.4, -0.2) is 12.5 Å². The van der Waals surface area contributed by atoms with Gasteiger partial charge >= 0.3 is 0 Å². The fourth-order valence-electron chi connectivity index (χ4n) is 1.53. The van der Waals surface area contributed by atoms with Crippen LogP contribution in [0.1, 0.15) is 17.5 Å². The summed E-state index contributed by atoms with van der Waals surface area (Å²) >= 11 is 6.09. The van der Waals surface area contributed by atoms with E-state index in [2.05, 4.69) is 11.9 Å². The van der Waals surface area contributed by atoms with Crippen molar-refractivity contribution in [2.45, 2.75) is 19.8 Å². The third-order valence-corrected chi connectivity index (χ3v) is 2.80. The number of nitrogens with one attached hydrogen (secondary N) is 1. The Hall–Kier alpha value is -1.28. The molecule has 16 heavy (non-hydrogen) atoms. The second-order valence-electron chi connectivity index (χ2n) is 3.63. The Balaban J connectivity index is 2.43. The largest absolute Gasteiger partial charge is 0.353 e. The number of hydrogen-bond acceptors (Lipinski definition) is 1. The fourth-order valence-corrected chi connectivity index (χ4v) is 1.85. The molecule has 0 aromatic heterocycles. The smallest absolute Gasteiger partial charge is 0.243 e. The number of carbonyl (C=O) groups excluding carboxylic acids is 1. The number of aryl methyl sites for hydroxylation is 1. The lowest BCUT2D eigenvalue weighted by Crippen LogP contribution is -2.22. The second kappa shape index (κ2) is 6.33. The summed E-state index contributed by atoms with van der Waals surface area (Å²) in [5, 5.41) is 3.54. The summed E-state index contributed by atoms with van der Waals surface area (Å²) in [4.78, 5) is 10.9. The van der Waals surface area contributed by atoms with Crippen molar-refractivity contribution >= 4 is 17.5 Å². The van der Waals surface area contributed by atoms with Gasteiger partial charge in [-0.05, 0) is 43.0 Å². The highest BCUT2D eigenvalue weighted by Gasteiger charge is 2.03. The lowest BCUT2D eigenvalue weighted by molar-refractivity contribution is -0.116. The monoisotopic (exact) mass is 237 g/mol. The van der Waals surface area contributed by atoms with Gasteiger partial charge in [-0.2, -0.15) is 0 Å². The number of hydrogen-bond donors (Lipinski definition) is 1. The molecular formula is C13H16ClNO. The zero-order chi connectivity index (χ0) is 12.0. The van der Waals surface area contributed by atoms with Crippen LogP contribution in [0.5, 0.6) is 0 Å². The van der Waals surface area contributed by atoms with E-state index in [1.807, 2.05) is 25.1 Å². The van der Waals surface area contributed by atoms with E-state index < -0.39 is 0 Å². The molecule has 0 atom stereocenters. The molecule has 0 aliphatic heterocycles. The molecule has 1 aromatic rings. The molecule has 0 heterocycles. The maximum Gasteiger partial charge on any atom is 0.243 e. The van der Waals surface area contributed by atoms with E-state index in [1.165, 1.54) is 11.6 Å². The van der Waals surface area contributed by atoms with Crippen molar-refractivity contribution in [2.24, 2.45) is 0 Å². The molecule has 1 amide bonds. The van der Waals surface area contributed by atoms with Gasteiger partial charge in [0.25, 0.3) is 0 Å². The Morgan fingerprint density at radius 3 is 2.94 bits per heavy atom. The second-order valence-corrected chi connectivity index (χ2v) is 4.04. The molecule has 1 rings (SSSR count). The van der Waals surface area contributed by atoms with E-state index >= 15 is 0 Å². The van der Waals surface area contributed by atoms with Gasteiger partial charge in [0.1, 0.15) is 0 Å². The summed E-state index contributed by atoms with van der Waals surface area (Å²) in [6, 6.07) is 5.89. The van der Waals surface area contributed by atoms with Gasteiger partial charge in [0, 0.05) is 11.6 Å². The Labute approximate surface area is 101 Å². The van der Waals surface area contributed by atoms with E-state index in [9.17, 15) is 4.79 Å². The molecular weight excluding hydrogens is 222 g/mol. The van der Waals surface area contributed by atoms with E-state index in [4.69, 9.17) is 11.6 Å². The van der Waals surface area contributed by atoms with Crippen molar-refractivity contribution in [1.82, 2.24) is 5.32 Å². The molecule has 0 saturated carbocycles. The highest BCUT2D eigenvalue weighted by Crippen LogP contribution is 2.20. The zero-order valence-electron chi connectivity index (χ0n) is 9.42. The fraction of sp³-hybridized carbons (Fsp3) is 0.308. The molecule has 0 fully saturated rings. The Kier molecular flexibility index (Phi) is 5.06. The SMILES string of the molecule is C=CC(=O)NCCCc1c(C)cccc1Cl. The molecule has 1 aromatic carbocycles. The average molecular weight is 238 g/mol. The molecule has 3 heteroatoms. The van der Waals surface area contributed by atoms with Crippen LogP contribution in [0.15, 0.2) is 30.9 Å². The Morgan fingerprint density at radius 1 is 1.56 bits per heavy atom. The molecule has 0 aliphatic carbocycles. The van der Waals surface area contributed by atoms with E-state index in [0.29, 0.717) is 6.54 Å². The maximum atomic E-state index is 10.9. The first-order valence-electron chi connectivity index (χ1n) is 5.29. The van der Waals surface area contributed by atoms with Crippen LogP contribution in [-0.2, 0) is 11.2 Å². The number of amides is 1. The minimum atomic E-state index is -0.129. The lowest BCUT2D eigenvalue weighted by atomic mass is 10.0. The van der Waals surface area contributed by atoms with Gasteiger partial charge in [-0.15, -0.1) is 0 Å². The van der Waals surface area contributed by atoms with Crippen LogP contribution in [0.3, 0.4) is 0 Å². The molecule has 1 N–H and O–H groups in total. The van der Waals surface area contributed by atoms with Crippen LogP contribution < -0.4 is 5.32 Å². The third kappa shape index (κ3) is 3.70. The predicted octanol–water partition coefficient (Wildman–Crippen LogP) is 2.88. The van der Waals surface area contributed by atoms with Gasteiger partial charge in [0.05, 0.1) is 0 Å². The first-order chi connectivity index (χ1) is 7.65. The van der Waals surface area contributed by atoms with Crippen molar-refractivity contribution in [3.05, 3.63) is 47.0 Å². The van der Waals surface area contributed by atoms with Crippen LogP contribution in [0.4, 0.5) is 0 Å². The predicted molar refractivity (Wildman–Crippen MR) is 67.7 cm³/mol. The first-order valence-corrected chi connectivity index (χ1v) is 5.67. The third-order valence-electron chi connectivity index (χ3n) is 2.44. The van der Waals surface area contributed by atoms with Gasteiger partial charge < -0.3 is 5.32 Å². The van der Waals surface area contributed by atoms with Gasteiger partial charge in [0.15, 0.2) is 0 Å². The van der Waals surface area contributed by atoms with E-state index in [1.54, 1.807) is 0 Å². The minimum absolute atomic E-state index is 0.129. The molecule has 0 unspecified atom stereocenters. The van der Waals surface area contributed by atoms with Crippen LogP contribution in [0.2, 0.25) is 5.02 Å². The molecule has 0 radical (unpaired) electrons. The Morgan fingerprint density at radius 2 is 2.31 bits per heavy atom. The highest BCUT2D eigenvalue weighted by molar-refractivity contribution is 6.31. The molecule has 0 spiro atoms. The molecule has 2 nitrogen and oxygen atoms in total. The number of carbonyl (C=O) groups is 1. The summed E-state index contributed by atoms with van der Waals surface area (Å²) in [7, 11) is 0. The molecule has 0 bridgehead atoms. The van der Waals surface area contributed by atoms with E-state index in [0.717, 1.165) is 23.4 Å². The van der Waals surface area contributed by atoms with Crippen molar-refractivity contribution in [3.63, 3.8) is 0 Å². The lowest BCUT2D eigenvalue weighted by Gasteiger charge is -2.08. The zero-order valence-corrected chi connectivity index (χ0v) is 10.2. The first kappa shape index (κ1) is 12.8. The van der Waals surface area contributed by atoms with Crippen LogP contribution in [0, 0.1) is 6.92 Å². The van der Waals surface area contributed by atoms with Crippen molar-refractivity contribution in [2.75, 3.05) is 6.54 Å². The van der Waals surface area contributed by atoms with Crippen molar-refractivity contribution in [3.8, 4) is 0 Å². The van der Waals surface area contributed by atoms with Gasteiger partial charge in [-0.25, -0.2) is 0 Å². The summed E-state index contributed by atoms with van der Waals surface area (Å²) in [6.45, 7) is 6.09. The summed E-state index contributed by atoms with van der Waals surface area (Å²) in [6.07, 6.45) is 3.04. The van der Waals surface area contributed by atoms with Crippen molar-refractivity contribution in [1.29, 1.82) is 0 Å². The average Bonchev–Trinajstić information content (AvgIpc) is 2.27. The maximum absolute atomic E-state index is 10.9. The standard InChI is InChI=1S/C13H16ClNO/c1-3-13(16)15-9-5-7-11-10(2)6-4-8-12(11)14/h3-4,6,8H,1,5,7,9H2,2H3,(H,15,16). The summed E-state index contributed by atoms with van der Waals surface area (Å²) < 4.78 is 0. The van der Waals surface area contributed by atoms with Gasteiger partial charge in [-0.3, -0.25) is 4.79 Å².